The molecular formula is C21H26N6OS. The Morgan fingerprint density at radius 1 is 1.24 bits per heavy atom. The summed E-state index contributed by atoms with van der Waals surface area (Å²) in [4.78, 5) is 22.9. The van der Waals surface area contributed by atoms with Crippen LogP contribution in [0.2, 0.25) is 0 Å². The van der Waals surface area contributed by atoms with Gasteiger partial charge in [-0.1, -0.05) is 12.1 Å². The number of hydrogen-bond acceptors (Lipinski definition) is 6. The van der Waals surface area contributed by atoms with Gasteiger partial charge in [-0.3, -0.25) is 9.69 Å². The van der Waals surface area contributed by atoms with E-state index >= 15 is 0 Å². The molecule has 1 aliphatic heterocycles. The molecule has 0 bridgehead atoms. The van der Waals surface area contributed by atoms with Crippen LogP contribution >= 0.6 is 11.3 Å². The van der Waals surface area contributed by atoms with Crippen LogP contribution in [0.15, 0.2) is 29.6 Å². The molecule has 3 heterocycles. The van der Waals surface area contributed by atoms with Gasteiger partial charge in [0.1, 0.15) is 16.7 Å². The molecule has 2 aromatic heterocycles. The summed E-state index contributed by atoms with van der Waals surface area (Å²) < 4.78 is 2.04. The fourth-order valence-electron chi connectivity index (χ4n) is 3.94. The lowest BCUT2D eigenvalue weighted by Gasteiger charge is -2.32. The average molecular weight is 411 g/mol. The summed E-state index contributed by atoms with van der Waals surface area (Å²) in [7, 11) is 0. The fourth-order valence-corrected chi connectivity index (χ4v) is 4.76. The Labute approximate surface area is 174 Å². The van der Waals surface area contributed by atoms with E-state index in [0.717, 1.165) is 54.1 Å². The number of amides is 1. The van der Waals surface area contributed by atoms with Crippen LogP contribution in [0.1, 0.15) is 40.5 Å². The second-order valence-electron chi connectivity index (χ2n) is 7.72. The van der Waals surface area contributed by atoms with Crippen molar-refractivity contribution in [3.05, 3.63) is 52.6 Å². The third-order valence-electron chi connectivity index (χ3n) is 5.35. The lowest BCUT2D eigenvalue weighted by molar-refractivity contribution is 0.100. The third-order valence-corrected chi connectivity index (χ3v) is 6.29. The first kappa shape index (κ1) is 19.7. The number of likely N-dealkylation sites (tertiary alicyclic amines) is 1. The monoisotopic (exact) mass is 410 g/mol. The predicted octanol–water partition coefficient (Wildman–Crippen LogP) is 3.03. The molecule has 0 radical (unpaired) electrons. The van der Waals surface area contributed by atoms with Gasteiger partial charge in [-0.25, -0.2) is 14.6 Å². The Kier molecular flexibility index (Phi) is 5.73. The minimum atomic E-state index is -0.410. The molecule has 1 atom stereocenters. The minimum Gasteiger partial charge on any atom is -0.366 e. The van der Waals surface area contributed by atoms with Crippen LogP contribution in [0.4, 0.5) is 0 Å². The molecule has 1 aliphatic rings. The topological polar surface area (TPSA) is 89.9 Å². The molecule has 1 fully saturated rings. The van der Waals surface area contributed by atoms with Gasteiger partial charge in [0.05, 0.1) is 5.69 Å². The Hall–Kier alpha value is -2.58. The molecule has 1 amide bonds. The number of piperidine rings is 1. The van der Waals surface area contributed by atoms with Gasteiger partial charge >= 0.3 is 0 Å². The third kappa shape index (κ3) is 4.71. The summed E-state index contributed by atoms with van der Waals surface area (Å²) >= 11 is 1.64. The van der Waals surface area contributed by atoms with E-state index in [1.807, 2.05) is 30.7 Å². The van der Waals surface area contributed by atoms with Crippen molar-refractivity contribution in [3.8, 4) is 10.6 Å². The normalized spacial score (nSPS) is 17.5. The number of aromatic nitrogens is 4. The molecule has 0 spiro atoms. The maximum atomic E-state index is 11.2. The summed E-state index contributed by atoms with van der Waals surface area (Å²) in [5.74, 6) is 2.01. The summed E-state index contributed by atoms with van der Waals surface area (Å²) in [6.45, 7) is 7.91. The minimum absolute atomic E-state index is 0.410. The zero-order valence-corrected chi connectivity index (χ0v) is 17.7. The molecule has 0 saturated carbocycles. The van der Waals surface area contributed by atoms with Crippen LogP contribution in [0.25, 0.3) is 10.6 Å². The fraction of sp³-hybridized carbons (Fsp3) is 0.429. The lowest BCUT2D eigenvalue weighted by Crippen LogP contribution is -2.37. The number of rotatable bonds is 6. The molecule has 8 heteroatoms. The van der Waals surface area contributed by atoms with Gasteiger partial charge in [0, 0.05) is 36.1 Å². The maximum Gasteiger partial charge on any atom is 0.248 e. The van der Waals surface area contributed by atoms with Gasteiger partial charge < -0.3 is 5.73 Å². The van der Waals surface area contributed by atoms with Crippen molar-refractivity contribution in [2.24, 2.45) is 11.7 Å². The zero-order valence-electron chi connectivity index (χ0n) is 16.8. The number of thiazole rings is 1. The second-order valence-corrected chi connectivity index (χ2v) is 8.58. The molecule has 7 nitrogen and oxygen atoms in total. The van der Waals surface area contributed by atoms with Gasteiger partial charge in [-0.15, -0.1) is 11.3 Å². The highest BCUT2D eigenvalue weighted by atomic mass is 32.1. The van der Waals surface area contributed by atoms with Crippen molar-refractivity contribution >= 4 is 17.2 Å². The number of nitrogens with zero attached hydrogens (tertiary/aromatic N) is 5. The molecule has 1 aromatic carbocycles. The van der Waals surface area contributed by atoms with Gasteiger partial charge in [0.25, 0.3) is 0 Å². The van der Waals surface area contributed by atoms with E-state index in [4.69, 9.17) is 10.7 Å². The number of benzene rings is 1. The van der Waals surface area contributed by atoms with E-state index in [0.29, 0.717) is 11.5 Å². The highest BCUT2D eigenvalue weighted by Gasteiger charge is 2.22. The van der Waals surface area contributed by atoms with Crippen molar-refractivity contribution in [2.75, 3.05) is 13.1 Å². The van der Waals surface area contributed by atoms with Gasteiger partial charge in [0.15, 0.2) is 0 Å². The van der Waals surface area contributed by atoms with Gasteiger partial charge in [-0.2, -0.15) is 5.10 Å². The Morgan fingerprint density at radius 2 is 2.03 bits per heavy atom. The highest BCUT2D eigenvalue weighted by molar-refractivity contribution is 7.13. The first-order valence-electron chi connectivity index (χ1n) is 9.93. The van der Waals surface area contributed by atoms with Crippen LogP contribution in [0.3, 0.4) is 0 Å². The smallest absolute Gasteiger partial charge is 0.248 e. The second kappa shape index (κ2) is 8.42. The molecule has 3 aromatic rings. The van der Waals surface area contributed by atoms with E-state index in [-0.39, 0.29) is 0 Å². The highest BCUT2D eigenvalue weighted by Crippen LogP contribution is 2.26. The number of aryl methyl sites for hydroxylation is 2. The van der Waals surface area contributed by atoms with Crippen LogP contribution in [-0.4, -0.2) is 43.6 Å². The quantitative estimate of drug-likeness (QED) is 0.675. The summed E-state index contributed by atoms with van der Waals surface area (Å²) in [6.07, 6.45) is 2.42. The molecule has 152 valence electrons. The number of carbonyl (C=O) groups is 1. The standard InChI is InChI=1S/C21H26N6OS/c1-14-23-15(2)27(25-14)11-16-4-3-9-26(10-16)12-19-13-29-21(24-19)18-7-5-17(6-8-18)20(22)28/h5-8,13,16H,3-4,9-12H2,1-2H3,(H2,22,28). The molecule has 0 aliphatic carbocycles. The zero-order chi connectivity index (χ0) is 20.4. The van der Waals surface area contributed by atoms with Gasteiger partial charge in [-0.05, 0) is 51.3 Å². The number of hydrogen-bond donors (Lipinski definition) is 1. The molecule has 1 unspecified atom stereocenters. The van der Waals surface area contributed by atoms with Crippen LogP contribution in [-0.2, 0) is 13.1 Å². The van der Waals surface area contributed by atoms with Crippen molar-refractivity contribution in [1.29, 1.82) is 0 Å². The molecule has 29 heavy (non-hydrogen) atoms. The first-order chi connectivity index (χ1) is 14.0. The summed E-state index contributed by atoms with van der Waals surface area (Å²) in [5.41, 5.74) is 7.94. The largest absolute Gasteiger partial charge is 0.366 e. The Balaban J connectivity index is 1.38. The molecule has 1 saturated heterocycles. The lowest BCUT2D eigenvalue weighted by atomic mass is 9.98. The van der Waals surface area contributed by atoms with E-state index in [2.05, 4.69) is 20.4 Å². The van der Waals surface area contributed by atoms with Crippen molar-refractivity contribution in [2.45, 2.75) is 39.8 Å². The van der Waals surface area contributed by atoms with Crippen molar-refractivity contribution in [1.82, 2.24) is 24.6 Å². The van der Waals surface area contributed by atoms with E-state index in [1.54, 1.807) is 23.5 Å². The van der Waals surface area contributed by atoms with Crippen molar-refractivity contribution < 1.29 is 4.79 Å². The van der Waals surface area contributed by atoms with E-state index in [1.165, 1.54) is 12.8 Å². The number of primary amides is 1. The maximum absolute atomic E-state index is 11.2. The van der Waals surface area contributed by atoms with E-state index < -0.39 is 5.91 Å². The first-order valence-corrected chi connectivity index (χ1v) is 10.8. The number of carbonyl (C=O) groups excluding carboxylic acids is 1. The van der Waals surface area contributed by atoms with Gasteiger partial charge in [0.2, 0.25) is 5.91 Å². The van der Waals surface area contributed by atoms with E-state index in [9.17, 15) is 4.79 Å². The summed E-state index contributed by atoms with van der Waals surface area (Å²) in [6, 6.07) is 7.31. The molecule has 4 rings (SSSR count). The number of nitrogens with two attached hydrogens (primary N) is 1. The molecule has 2 N–H and O–H groups in total. The average Bonchev–Trinajstić information content (AvgIpc) is 3.28. The van der Waals surface area contributed by atoms with Crippen LogP contribution in [0, 0.1) is 19.8 Å². The summed E-state index contributed by atoms with van der Waals surface area (Å²) in [5, 5.41) is 7.62. The Bertz CT molecular complexity index is 993. The Morgan fingerprint density at radius 3 is 2.72 bits per heavy atom. The van der Waals surface area contributed by atoms with Crippen molar-refractivity contribution in [3.63, 3.8) is 0 Å². The predicted molar refractivity (Wildman–Crippen MR) is 114 cm³/mol. The van der Waals surface area contributed by atoms with Crippen LogP contribution in [0.5, 0.6) is 0 Å². The van der Waals surface area contributed by atoms with Crippen LogP contribution < -0.4 is 5.73 Å². The SMILES string of the molecule is Cc1nc(C)n(CC2CCCN(Cc3csc(-c4ccc(C(N)=O)cc4)n3)C2)n1. The molecular weight excluding hydrogens is 384 g/mol.